The fourth-order valence-electron chi connectivity index (χ4n) is 1.69. The fraction of sp³-hybridized carbons (Fsp3) is 0.455. The molecule has 1 N–H and O–H groups in total. The predicted molar refractivity (Wildman–Crippen MR) is 57.1 cm³/mol. The second kappa shape index (κ2) is 5.16. The molecule has 2 rings (SSSR count). The predicted octanol–water partition coefficient (Wildman–Crippen LogP) is 1.21. The number of ether oxygens (including phenoxy) is 3. The lowest BCUT2D eigenvalue weighted by Crippen LogP contribution is -2.13. The van der Waals surface area contributed by atoms with Crippen molar-refractivity contribution >= 4 is 0 Å². The molecule has 0 fully saturated rings. The minimum Gasteiger partial charge on any atom is -0.454 e. The normalized spacial score (nSPS) is 13.1. The van der Waals surface area contributed by atoms with E-state index in [4.69, 9.17) is 19.0 Å². The van der Waals surface area contributed by atoms with E-state index < -0.39 is 0 Å². The van der Waals surface area contributed by atoms with Crippen LogP contribution < -0.4 is 15.0 Å². The van der Waals surface area contributed by atoms with Gasteiger partial charge in [-0.2, -0.15) is 5.48 Å². The van der Waals surface area contributed by atoms with Crippen LogP contribution in [-0.2, 0) is 22.7 Å². The van der Waals surface area contributed by atoms with Crippen LogP contribution >= 0.6 is 0 Å². The molecule has 0 amide bonds. The van der Waals surface area contributed by atoms with Gasteiger partial charge in [-0.1, -0.05) is 6.07 Å². The summed E-state index contributed by atoms with van der Waals surface area (Å²) >= 11 is 0. The van der Waals surface area contributed by atoms with Gasteiger partial charge in [0.25, 0.3) is 0 Å². The SMILES string of the molecule is COCc1c(CNOC)ccc2c1OCO2. The van der Waals surface area contributed by atoms with Crippen molar-refractivity contribution in [2.24, 2.45) is 0 Å². The highest BCUT2D eigenvalue weighted by molar-refractivity contribution is 5.51. The van der Waals surface area contributed by atoms with Gasteiger partial charge in [-0.15, -0.1) is 0 Å². The first-order chi connectivity index (χ1) is 7.86. The minimum atomic E-state index is 0.271. The van der Waals surface area contributed by atoms with Gasteiger partial charge < -0.3 is 19.0 Å². The first kappa shape index (κ1) is 11.2. The molecule has 0 spiro atoms. The zero-order valence-corrected chi connectivity index (χ0v) is 9.41. The summed E-state index contributed by atoms with van der Waals surface area (Å²) in [5.74, 6) is 1.55. The number of hydroxylamine groups is 1. The molecule has 0 saturated heterocycles. The Hall–Kier alpha value is -1.30. The molecule has 16 heavy (non-hydrogen) atoms. The summed E-state index contributed by atoms with van der Waals surface area (Å²) in [6.45, 7) is 1.37. The smallest absolute Gasteiger partial charge is 0.231 e. The summed E-state index contributed by atoms with van der Waals surface area (Å²) in [4.78, 5) is 4.84. The molecule has 0 aliphatic carbocycles. The van der Waals surface area contributed by atoms with Gasteiger partial charge in [0, 0.05) is 19.2 Å². The van der Waals surface area contributed by atoms with Crippen molar-refractivity contribution in [1.82, 2.24) is 5.48 Å². The third kappa shape index (κ3) is 2.11. The molecular formula is C11H15NO4. The van der Waals surface area contributed by atoms with E-state index in [0.717, 1.165) is 22.6 Å². The van der Waals surface area contributed by atoms with E-state index in [-0.39, 0.29) is 6.79 Å². The third-order valence-electron chi connectivity index (χ3n) is 2.43. The Labute approximate surface area is 94.2 Å². The second-order valence-electron chi connectivity index (χ2n) is 3.40. The number of hydrogen-bond donors (Lipinski definition) is 1. The highest BCUT2D eigenvalue weighted by Crippen LogP contribution is 2.37. The zero-order chi connectivity index (χ0) is 11.4. The number of benzene rings is 1. The molecule has 5 nitrogen and oxygen atoms in total. The van der Waals surface area contributed by atoms with Gasteiger partial charge >= 0.3 is 0 Å². The van der Waals surface area contributed by atoms with Gasteiger partial charge in [-0.3, -0.25) is 0 Å². The topological polar surface area (TPSA) is 49.0 Å². The van der Waals surface area contributed by atoms with Crippen molar-refractivity contribution in [2.75, 3.05) is 21.0 Å². The highest BCUT2D eigenvalue weighted by atomic mass is 16.7. The van der Waals surface area contributed by atoms with E-state index in [2.05, 4.69) is 5.48 Å². The molecule has 0 atom stereocenters. The van der Waals surface area contributed by atoms with E-state index in [1.807, 2.05) is 12.1 Å². The molecule has 1 heterocycles. The second-order valence-corrected chi connectivity index (χ2v) is 3.40. The van der Waals surface area contributed by atoms with Crippen LogP contribution in [0.4, 0.5) is 0 Å². The van der Waals surface area contributed by atoms with Crippen LogP contribution in [0, 0.1) is 0 Å². The lowest BCUT2D eigenvalue weighted by molar-refractivity contribution is 0.0858. The maximum Gasteiger partial charge on any atom is 0.231 e. The molecule has 1 aromatic carbocycles. The zero-order valence-electron chi connectivity index (χ0n) is 9.41. The Morgan fingerprint density at radius 2 is 2.19 bits per heavy atom. The van der Waals surface area contributed by atoms with Crippen molar-refractivity contribution < 1.29 is 19.0 Å². The van der Waals surface area contributed by atoms with Crippen molar-refractivity contribution in [1.29, 1.82) is 0 Å². The maximum absolute atomic E-state index is 5.43. The van der Waals surface area contributed by atoms with Crippen molar-refractivity contribution in [3.05, 3.63) is 23.3 Å². The number of nitrogens with one attached hydrogen (secondary N) is 1. The quantitative estimate of drug-likeness (QED) is 0.763. The Kier molecular flexibility index (Phi) is 3.61. The Morgan fingerprint density at radius 3 is 2.94 bits per heavy atom. The summed E-state index contributed by atoms with van der Waals surface area (Å²) in [5.41, 5.74) is 4.88. The molecular weight excluding hydrogens is 210 g/mol. The average Bonchev–Trinajstić information content (AvgIpc) is 2.76. The first-order valence-corrected chi connectivity index (χ1v) is 5.02. The van der Waals surface area contributed by atoms with Crippen LogP contribution in [0.2, 0.25) is 0 Å². The molecule has 0 unspecified atom stereocenters. The van der Waals surface area contributed by atoms with Gasteiger partial charge in [0.15, 0.2) is 11.5 Å². The molecule has 0 radical (unpaired) electrons. The summed E-state index contributed by atoms with van der Waals surface area (Å²) in [6, 6.07) is 3.88. The summed E-state index contributed by atoms with van der Waals surface area (Å²) in [7, 11) is 3.24. The molecule has 1 aliphatic rings. The van der Waals surface area contributed by atoms with Gasteiger partial charge in [0.1, 0.15) is 0 Å². The van der Waals surface area contributed by atoms with E-state index >= 15 is 0 Å². The Bertz CT molecular complexity index is 367. The molecule has 5 heteroatoms. The Balaban J connectivity index is 2.29. The molecule has 1 aromatic rings. The van der Waals surface area contributed by atoms with Gasteiger partial charge in [-0.25, -0.2) is 0 Å². The van der Waals surface area contributed by atoms with Crippen LogP contribution in [-0.4, -0.2) is 21.0 Å². The molecule has 1 aliphatic heterocycles. The average molecular weight is 225 g/mol. The minimum absolute atomic E-state index is 0.271. The van der Waals surface area contributed by atoms with E-state index in [1.165, 1.54) is 0 Å². The lowest BCUT2D eigenvalue weighted by Gasteiger charge is -2.11. The third-order valence-corrected chi connectivity index (χ3v) is 2.43. The lowest BCUT2D eigenvalue weighted by atomic mass is 10.1. The van der Waals surface area contributed by atoms with E-state index in [0.29, 0.717) is 13.2 Å². The number of fused-ring (bicyclic) bond motifs is 1. The number of hydrogen-bond acceptors (Lipinski definition) is 5. The standard InChI is InChI=1S/C11H15NO4/c1-13-6-9-8(5-12-14-2)3-4-10-11(9)16-7-15-10/h3-4,12H,5-7H2,1-2H3. The highest BCUT2D eigenvalue weighted by Gasteiger charge is 2.20. The van der Waals surface area contributed by atoms with Gasteiger partial charge in [0.2, 0.25) is 6.79 Å². The van der Waals surface area contributed by atoms with Crippen molar-refractivity contribution in [2.45, 2.75) is 13.2 Å². The summed E-state index contributed by atoms with van der Waals surface area (Å²) in [5, 5.41) is 0. The van der Waals surface area contributed by atoms with Crippen molar-refractivity contribution in [3.8, 4) is 11.5 Å². The van der Waals surface area contributed by atoms with Crippen LogP contribution in [0.25, 0.3) is 0 Å². The van der Waals surface area contributed by atoms with Crippen molar-refractivity contribution in [3.63, 3.8) is 0 Å². The van der Waals surface area contributed by atoms with Crippen LogP contribution in [0.3, 0.4) is 0 Å². The van der Waals surface area contributed by atoms with E-state index in [9.17, 15) is 0 Å². The summed E-state index contributed by atoms with van der Waals surface area (Å²) < 4.78 is 15.9. The first-order valence-electron chi connectivity index (χ1n) is 5.02. The Morgan fingerprint density at radius 1 is 1.31 bits per heavy atom. The molecule has 0 bridgehead atoms. The van der Waals surface area contributed by atoms with Gasteiger partial charge in [0.05, 0.1) is 13.7 Å². The number of methoxy groups -OCH3 is 1. The summed E-state index contributed by atoms with van der Waals surface area (Å²) in [6.07, 6.45) is 0. The van der Waals surface area contributed by atoms with Crippen LogP contribution in [0.15, 0.2) is 12.1 Å². The molecule has 88 valence electrons. The monoisotopic (exact) mass is 225 g/mol. The fourth-order valence-corrected chi connectivity index (χ4v) is 1.69. The largest absolute Gasteiger partial charge is 0.454 e. The molecule has 0 aromatic heterocycles. The molecule has 0 saturated carbocycles. The maximum atomic E-state index is 5.43. The van der Waals surface area contributed by atoms with Gasteiger partial charge in [-0.05, 0) is 11.6 Å². The van der Waals surface area contributed by atoms with Crippen LogP contribution in [0.5, 0.6) is 11.5 Å². The number of rotatable bonds is 5. The van der Waals surface area contributed by atoms with Crippen LogP contribution in [0.1, 0.15) is 11.1 Å². The van der Waals surface area contributed by atoms with E-state index in [1.54, 1.807) is 14.2 Å².